The molecule has 5 nitrogen and oxygen atoms in total. The van der Waals surface area contributed by atoms with Crippen LogP contribution in [0.5, 0.6) is 0 Å². The van der Waals surface area contributed by atoms with Crippen LogP contribution in [0.1, 0.15) is 12.5 Å². The van der Waals surface area contributed by atoms with Crippen molar-refractivity contribution < 1.29 is 4.79 Å². The van der Waals surface area contributed by atoms with Gasteiger partial charge >= 0.3 is 6.03 Å². The summed E-state index contributed by atoms with van der Waals surface area (Å²) in [5, 5.41) is 14.8. The number of anilines is 1. The van der Waals surface area contributed by atoms with Gasteiger partial charge in [0, 0.05) is 12.7 Å². The maximum Gasteiger partial charge on any atom is 0.325 e. The Bertz CT molecular complexity index is 389. The minimum atomic E-state index is -0.416. The van der Waals surface area contributed by atoms with Crippen LogP contribution in [0.3, 0.4) is 0 Å². The van der Waals surface area contributed by atoms with Crippen LogP contribution in [-0.4, -0.2) is 19.0 Å². The van der Waals surface area contributed by atoms with Gasteiger partial charge in [0.2, 0.25) is 0 Å². The van der Waals surface area contributed by atoms with Gasteiger partial charge < -0.3 is 10.6 Å². The van der Waals surface area contributed by atoms with Gasteiger partial charge in [0.25, 0.3) is 0 Å². The Kier molecular flexibility index (Phi) is 4.32. The Morgan fingerprint density at radius 2 is 2.06 bits per heavy atom. The molecule has 0 fully saturated rings. The van der Waals surface area contributed by atoms with Gasteiger partial charge in [-0.3, -0.25) is 10.7 Å². The second kappa shape index (κ2) is 5.75. The maximum atomic E-state index is 11.4. The molecule has 1 aromatic rings. The number of amides is 2. The Morgan fingerprint density at radius 3 is 2.69 bits per heavy atom. The van der Waals surface area contributed by atoms with E-state index in [0.717, 1.165) is 17.7 Å². The molecule has 0 aromatic heterocycles. The summed E-state index contributed by atoms with van der Waals surface area (Å²) in [6, 6.07) is 7.16. The first-order chi connectivity index (χ1) is 7.67. The molecule has 0 heterocycles. The second-order valence-corrected chi connectivity index (χ2v) is 3.21. The molecule has 0 aliphatic heterocycles. The lowest BCUT2D eigenvalue weighted by atomic mass is 10.1. The van der Waals surface area contributed by atoms with E-state index in [1.807, 2.05) is 31.2 Å². The molecule has 1 aromatic carbocycles. The van der Waals surface area contributed by atoms with Crippen LogP contribution in [0.4, 0.5) is 10.5 Å². The number of hydrogen-bond acceptors (Lipinski definition) is 2. The Morgan fingerprint density at radius 1 is 1.38 bits per heavy atom. The average Bonchev–Trinajstić information content (AvgIpc) is 2.29. The van der Waals surface area contributed by atoms with Gasteiger partial charge in [0.15, 0.2) is 5.96 Å². The molecular weight excluding hydrogens is 204 g/mol. The predicted molar refractivity (Wildman–Crippen MR) is 64.8 cm³/mol. The van der Waals surface area contributed by atoms with E-state index in [0.29, 0.717) is 0 Å². The smallest absolute Gasteiger partial charge is 0.325 e. The van der Waals surface area contributed by atoms with Crippen molar-refractivity contribution >= 4 is 17.7 Å². The summed E-state index contributed by atoms with van der Waals surface area (Å²) in [4.78, 5) is 11.4. The first-order valence-corrected chi connectivity index (χ1v) is 5.09. The summed E-state index contributed by atoms with van der Waals surface area (Å²) in [5.74, 6) is -0.0357. The molecule has 0 aliphatic carbocycles. The number of carbonyl (C=O) groups is 1. The second-order valence-electron chi connectivity index (χ2n) is 3.21. The Balaban J connectivity index is 2.65. The molecule has 4 N–H and O–H groups in total. The van der Waals surface area contributed by atoms with E-state index < -0.39 is 6.03 Å². The predicted octanol–water partition coefficient (Wildman–Crippen LogP) is 1.52. The molecule has 0 aliphatic rings. The van der Waals surface area contributed by atoms with Gasteiger partial charge in [-0.2, -0.15) is 0 Å². The lowest BCUT2D eigenvalue weighted by Crippen LogP contribution is -2.40. The minimum absolute atomic E-state index is 0.0357. The molecule has 0 saturated carbocycles. The average molecular weight is 220 g/mol. The van der Waals surface area contributed by atoms with E-state index in [1.54, 1.807) is 7.05 Å². The number of aryl methyl sites for hydroxylation is 1. The van der Waals surface area contributed by atoms with E-state index in [1.165, 1.54) is 0 Å². The van der Waals surface area contributed by atoms with Crippen LogP contribution in [0, 0.1) is 5.41 Å². The zero-order valence-corrected chi connectivity index (χ0v) is 9.42. The van der Waals surface area contributed by atoms with Crippen molar-refractivity contribution in [3.63, 3.8) is 0 Å². The Hall–Kier alpha value is -2.04. The number of hydrogen-bond donors (Lipinski definition) is 4. The number of guanidine groups is 1. The van der Waals surface area contributed by atoms with Crippen LogP contribution in [0.2, 0.25) is 0 Å². The normalized spacial score (nSPS) is 9.38. The first kappa shape index (κ1) is 12.0. The third kappa shape index (κ3) is 3.27. The van der Waals surface area contributed by atoms with Crippen LogP contribution in [-0.2, 0) is 6.42 Å². The van der Waals surface area contributed by atoms with Crippen molar-refractivity contribution in [3.8, 4) is 0 Å². The number of carbonyl (C=O) groups excluding carboxylic acids is 1. The lowest BCUT2D eigenvalue weighted by molar-refractivity contribution is 0.256. The standard InChI is InChI=1S/C11H16N4O/c1-3-8-6-4-5-7-9(8)14-11(16)15-10(12)13-2/h4-7H,3H2,1-2H3,(H4,12,13,14,15,16). The molecule has 1 rings (SSSR count). The fraction of sp³-hybridized carbons (Fsp3) is 0.273. The van der Waals surface area contributed by atoms with Crippen molar-refractivity contribution in [2.75, 3.05) is 12.4 Å². The summed E-state index contributed by atoms with van der Waals surface area (Å²) in [5.41, 5.74) is 1.83. The lowest BCUT2D eigenvalue weighted by Gasteiger charge is -2.10. The van der Waals surface area contributed by atoms with Crippen molar-refractivity contribution in [1.29, 1.82) is 5.41 Å². The van der Waals surface area contributed by atoms with E-state index in [-0.39, 0.29) is 5.96 Å². The van der Waals surface area contributed by atoms with Gasteiger partial charge in [-0.15, -0.1) is 0 Å². The van der Waals surface area contributed by atoms with Gasteiger partial charge in [-0.25, -0.2) is 4.79 Å². The quantitative estimate of drug-likeness (QED) is 0.450. The third-order valence-corrected chi connectivity index (χ3v) is 2.13. The highest BCUT2D eigenvalue weighted by molar-refractivity contribution is 6.01. The summed E-state index contributed by atoms with van der Waals surface area (Å²) < 4.78 is 0. The summed E-state index contributed by atoms with van der Waals surface area (Å²) >= 11 is 0. The molecule has 0 radical (unpaired) electrons. The first-order valence-electron chi connectivity index (χ1n) is 5.09. The zero-order valence-electron chi connectivity index (χ0n) is 9.42. The monoisotopic (exact) mass is 220 g/mol. The number of benzene rings is 1. The van der Waals surface area contributed by atoms with E-state index in [2.05, 4.69) is 16.0 Å². The summed E-state index contributed by atoms with van der Waals surface area (Å²) in [7, 11) is 1.57. The molecule has 0 saturated heterocycles. The van der Waals surface area contributed by atoms with E-state index >= 15 is 0 Å². The Labute approximate surface area is 94.8 Å². The molecule has 0 unspecified atom stereocenters. The van der Waals surface area contributed by atoms with Gasteiger partial charge in [-0.05, 0) is 18.1 Å². The van der Waals surface area contributed by atoms with Gasteiger partial charge in [0.1, 0.15) is 0 Å². The molecule has 0 atom stereocenters. The van der Waals surface area contributed by atoms with Crippen LogP contribution in [0.15, 0.2) is 24.3 Å². The largest absolute Gasteiger partial charge is 0.359 e. The van der Waals surface area contributed by atoms with Crippen molar-refractivity contribution in [1.82, 2.24) is 10.6 Å². The fourth-order valence-electron chi connectivity index (χ4n) is 1.28. The highest BCUT2D eigenvalue weighted by Gasteiger charge is 2.05. The molecule has 0 bridgehead atoms. The van der Waals surface area contributed by atoms with Gasteiger partial charge in [-0.1, -0.05) is 25.1 Å². The van der Waals surface area contributed by atoms with Crippen LogP contribution in [0.25, 0.3) is 0 Å². The zero-order chi connectivity index (χ0) is 12.0. The van der Waals surface area contributed by atoms with Crippen LogP contribution >= 0.6 is 0 Å². The highest BCUT2D eigenvalue weighted by Crippen LogP contribution is 2.14. The summed E-state index contributed by atoms with van der Waals surface area (Å²) in [6.07, 6.45) is 0.847. The van der Waals surface area contributed by atoms with Gasteiger partial charge in [0.05, 0.1) is 0 Å². The topological polar surface area (TPSA) is 77.0 Å². The number of rotatable bonds is 2. The fourth-order valence-corrected chi connectivity index (χ4v) is 1.28. The molecule has 86 valence electrons. The molecule has 2 amide bonds. The molecule has 0 spiro atoms. The van der Waals surface area contributed by atoms with Crippen LogP contribution < -0.4 is 16.0 Å². The highest BCUT2D eigenvalue weighted by atomic mass is 16.2. The van der Waals surface area contributed by atoms with E-state index in [4.69, 9.17) is 5.41 Å². The molecule has 16 heavy (non-hydrogen) atoms. The minimum Gasteiger partial charge on any atom is -0.359 e. The summed E-state index contributed by atoms with van der Waals surface area (Å²) in [6.45, 7) is 2.02. The number of nitrogens with one attached hydrogen (secondary N) is 4. The SMILES string of the molecule is CCc1ccccc1NC(=O)NC(=N)NC. The molecule has 5 heteroatoms. The van der Waals surface area contributed by atoms with Crippen molar-refractivity contribution in [2.45, 2.75) is 13.3 Å². The maximum absolute atomic E-state index is 11.4. The van der Waals surface area contributed by atoms with Crippen molar-refractivity contribution in [2.24, 2.45) is 0 Å². The third-order valence-electron chi connectivity index (χ3n) is 2.13. The number of urea groups is 1. The van der Waals surface area contributed by atoms with Crippen molar-refractivity contribution in [3.05, 3.63) is 29.8 Å². The molecular formula is C11H16N4O. The number of para-hydroxylation sites is 1. The van der Waals surface area contributed by atoms with E-state index in [9.17, 15) is 4.79 Å².